The highest BCUT2D eigenvalue weighted by atomic mass is 35.5. The number of rotatable bonds is 3. The number of aromatic nitrogens is 1. The lowest BCUT2D eigenvalue weighted by Gasteiger charge is -2.08. The Morgan fingerprint density at radius 3 is 2.50 bits per heavy atom. The predicted molar refractivity (Wildman–Crippen MR) is 92.5 cm³/mol. The van der Waals surface area contributed by atoms with Crippen LogP contribution in [0.15, 0.2) is 60.7 Å². The molecule has 0 bridgehead atoms. The first-order valence-corrected chi connectivity index (χ1v) is 7.69. The van der Waals surface area contributed by atoms with E-state index < -0.39 is 5.91 Å². The molecule has 0 spiro atoms. The van der Waals surface area contributed by atoms with Crippen LogP contribution in [-0.2, 0) is 11.2 Å². The number of halogens is 1. The van der Waals surface area contributed by atoms with Gasteiger partial charge in [0.2, 0.25) is 5.91 Å². The van der Waals surface area contributed by atoms with E-state index in [4.69, 9.17) is 11.6 Å². The number of para-hydroxylation sites is 1. The van der Waals surface area contributed by atoms with Crippen LogP contribution >= 0.6 is 11.6 Å². The molecule has 6 heteroatoms. The number of hydrogen-bond donors (Lipinski definition) is 2. The van der Waals surface area contributed by atoms with E-state index in [1.165, 1.54) is 0 Å². The van der Waals surface area contributed by atoms with Crippen LogP contribution in [0.1, 0.15) is 16.1 Å². The van der Waals surface area contributed by atoms with E-state index in [9.17, 15) is 9.59 Å². The van der Waals surface area contributed by atoms with Crippen molar-refractivity contribution in [3.05, 3.63) is 76.9 Å². The molecule has 3 aromatic rings. The van der Waals surface area contributed by atoms with Crippen molar-refractivity contribution in [3.63, 3.8) is 0 Å². The highest BCUT2D eigenvalue weighted by Crippen LogP contribution is 2.15. The van der Waals surface area contributed by atoms with E-state index in [0.717, 1.165) is 5.39 Å². The first-order chi connectivity index (χ1) is 11.6. The molecule has 120 valence electrons. The van der Waals surface area contributed by atoms with E-state index in [1.54, 1.807) is 30.3 Å². The van der Waals surface area contributed by atoms with Crippen LogP contribution in [-0.4, -0.2) is 16.8 Å². The molecule has 0 fully saturated rings. The van der Waals surface area contributed by atoms with Crippen molar-refractivity contribution in [1.29, 1.82) is 0 Å². The van der Waals surface area contributed by atoms with Gasteiger partial charge in [0.15, 0.2) is 0 Å². The smallest absolute Gasteiger partial charge is 0.273 e. The number of amides is 2. The van der Waals surface area contributed by atoms with Crippen LogP contribution < -0.4 is 10.9 Å². The van der Waals surface area contributed by atoms with Gasteiger partial charge in [0, 0.05) is 10.4 Å². The monoisotopic (exact) mass is 339 g/mol. The predicted octanol–water partition coefficient (Wildman–Crippen LogP) is 2.89. The number of fused-ring (bicyclic) bond motifs is 1. The van der Waals surface area contributed by atoms with Gasteiger partial charge in [-0.1, -0.05) is 54.1 Å². The maximum absolute atomic E-state index is 12.1. The molecule has 2 aromatic carbocycles. The van der Waals surface area contributed by atoms with Crippen molar-refractivity contribution in [3.8, 4) is 0 Å². The SMILES string of the molecule is O=C(Cc1ccccc1Cl)NNC(=O)c1ccc2ccccc2n1. The minimum Gasteiger partial charge on any atom is -0.273 e. The lowest BCUT2D eigenvalue weighted by Crippen LogP contribution is -2.42. The molecule has 0 aliphatic heterocycles. The molecule has 24 heavy (non-hydrogen) atoms. The summed E-state index contributed by atoms with van der Waals surface area (Å²) in [5, 5.41) is 1.45. The molecule has 0 saturated heterocycles. The number of carbonyl (C=O) groups excluding carboxylic acids is 2. The standard InChI is InChI=1S/C18H14ClN3O2/c19-14-7-3-1-6-13(14)11-17(23)21-22-18(24)16-10-9-12-5-2-4-8-15(12)20-16/h1-10H,11H2,(H,21,23)(H,22,24). The number of pyridine rings is 1. The topological polar surface area (TPSA) is 71.1 Å². The van der Waals surface area contributed by atoms with Crippen molar-refractivity contribution in [1.82, 2.24) is 15.8 Å². The largest absolute Gasteiger partial charge is 0.288 e. The highest BCUT2D eigenvalue weighted by Gasteiger charge is 2.11. The minimum atomic E-state index is -0.478. The zero-order chi connectivity index (χ0) is 16.9. The van der Waals surface area contributed by atoms with Gasteiger partial charge in [-0.3, -0.25) is 20.4 Å². The van der Waals surface area contributed by atoms with Gasteiger partial charge in [-0.15, -0.1) is 0 Å². The molecule has 2 amide bonds. The number of nitrogens with zero attached hydrogens (tertiary/aromatic N) is 1. The zero-order valence-corrected chi connectivity index (χ0v) is 13.4. The van der Waals surface area contributed by atoms with Crippen LogP contribution in [0.3, 0.4) is 0 Å². The molecule has 0 saturated carbocycles. The molecule has 2 N–H and O–H groups in total. The molecule has 3 rings (SSSR count). The van der Waals surface area contributed by atoms with Gasteiger partial charge in [0.05, 0.1) is 11.9 Å². The van der Waals surface area contributed by atoms with Crippen molar-refractivity contribution < 1.29 is 9.59 Å². The molecule has 0 unspecified atom stereocenters. The fourth-order valence-electron chi connectivity index (χ4n) is 2.24. The molecule has 0 atom stereocenters. The summed E-state index contributed by atoms with van der Waals surface area (Å²) in [6.45, 7) is 0. The van der Waals surface area contributed by atoms with E-state index in [1.807, 2.05) is 30.3 Å². The minimum absolute atomic E-state index is 0.0745. The Labute approximate surface area is 143 Å². The summed E-state index contributed by atoms with van der Waals surface area (Å²) >= 11 is 6.01. The van der Waals surface area contributed by atoms with E-state index in [-0.39, 0.29) is 18.0 Å². The van der Waals surface area contributed by atoms with E-state index >= 15 is 0 Å². The van der Waals surface area contributed by atoms with Gasteiger partial charge in [-0.25, -0.2) is 4.98 Å². The van der Waals surface area contributed by atoms with Crippen LogP contribution in [0, 0.1) is 0 Å². The van der Waals surface area contributed by atoms with Gasteiger partial charge in [0.1, 0.15) is 5.69 Å². The van der Waals surface area contributed by atoms with Gasteiger partial charge >= 0.3 is 0 Å². The lowest BCUT2D eigenvalue weighted by atomic mass is 10.1. The molecular formula is C18H14ClN3O2. The molecule has 0 radical (unpaired) electrons. The molecule has 1 aromatic heterocycles. The molecule has 1 heterocycles. The third-order valence-corrected chi connectivity index (χ3v) is 3.82. The van der Waals surface area contributed by atoms with Crippen molar-refractivity contribution in [2.45, 2.75) is 6.42 Å². The summed E-state index contributed by atoms with van der Waals surface area (Å²) in [5.74, 6) is -0.842. The molecule has 0 aliphatic rings. The summed E-state index contributed by atoms with van der Waals surface area (Å²) in [7, 11) is 0. The quantitative estimate of drug-likeness (QED) is 0.721. The number of benzene rings is 2. The second-order valence-corrected chi connectivity index (χ2v) is 5.57. The second-order valence-electron chi connectivity index (χ2n) is 5.16. The fraction of sp³-hybridized carbons (Fsp3) is 0.0556. The summed E-state index contributed by atoms with van der Waals surface area (Å²) in [4.78, 5) is 28.3. The summed E-state index contributed by atoms with van der Waals surface area (Å²) in [6.07, 6.45) is 0.0745. The Morgan fingerprint density at radius 1 is 0.917 bits per heavy atom. The maximum Gasteiger partial charge on any atom is 0.288 e. The van der Waals surface area contributed by atoms with E-state index in [0.29, 0.717) is 16.1 Å². The fourth-order valence-corrected chi connectivity index (χ4v) is 2.44. The Bertz CT molecular complexity index is 911. The first kappa shape index (κ1) is 16.0. The normalized spacial score (nSPS) is 10.4. The second kappa shape index (κ2) is 7.10. The summed E-state index contributed by atoms with van der Waals surface area (Å²) in [5.41, 5.74) is 6.36. The van der Waals surface area contributed by atoms with Crippen LogP contribution in [0.4, 0.5) is 0 Å². The maximum atomic E-state index is 12.1. The third kappa shape index (κ3) is 3.70. The van der Waals surface area contributed by atoms with Crippen molar-refractivity contribution in [2.24, 2.45) is 0 Å². The average molecular weight is 340 g/mol. The average Bonchev–Trinajstić information content (AvgIpc) is 2.61. The summed E-state index contributed by atoms with van der Waals surface area (Å²) in [6, 6.07) is 18.0. The Kier molecular flexibility index (Phi) is 4.72. The van der Waals surface area contributed by atoms with Crippen LogP contribution in [0.5, 0.6) is 0 Å². The molecular weight excluding hydrogens is 326 g/mol. The van der Waals surface area contributed by atoms with Crippen molar-refractivity contribution in [2.75, 3.05) is 0 Å². The zero-order valence-electron chi connectivity index (χ0n) is 12.6. The Balaban J connectivity index is 1.62. The van der Waals surface area contributed by atoms with Crippen LogP contribution in [0.2, 0.25) is 5.02 Å². The van der Waals surface area contributed by atoms with Gasteiger partial charge in [-0.2, -0.15) is 0 Å². The Hall–Kier alpha value is -2.92. The number of hydrazine groups is 1. The lowest BCUT2D eigenvalue weighted by molar-refractivity contribution is -0.121. The molecule has 5 nitrogen and oxygen atoms in total. The van der Waals surface area contributed by atoms with Gasteiger partial charge < -0.3 is 0 Å². The number of hydrogen-bond acceptors (Lipinski definition) is 3. The van der Waals surface area contributed by atoms with Crippen LogP contribution in [0.25, 0.3) is 10.9 Å². The van der Waals surface area contributed by atoms with Crippen molar-refractivity contribution >= 4 is 34.3 Å². The van der Waals surface area contributed by atoms with Gasteiger partial charge in [0.25, 0.3) is 5.91 Å². The summed E-state index contributed by atoms with van der Waals surface area (Å²) < 4.78 is 0. The first-order valence-electron chi connectivity index (χ1n) is 7.32. The highest BCUT2D eigenvalue weighted by molar-refractivity contribution is 6.31. The molecule has 0 aliphatic carbocycles. The third-order valence-electron chi connectivity index (χ3n) is 3.46. The number of carbonyl (C=O) groups is 2. The Morgan fingerprint density at radius 2 is 1.67 bits per heavy atom. The van der Waals surface area contributed by atoms with Gasteiger partial charge in [-0.05, 0) is 23.8 Å². The van der Waals surface area contributed by atoms with E-state index in [2.05, 4.69) is 15.8 Å². The number of nitrogens with one attached hydrogen (secondary N) is 2.